The van der Waals surface area contributed by atoms with Gasteiger partial charge < -0.3 is 9.84 Å². The van der Waals surface area contributed by atoms with Crippen LogP contribution in [0.4, 0.5) is 13.2 Å². The summed E-state index contributed by atoms with van der Waals surface area (Å²) in [7, 11) is 1.29. The Hall–Kier alpha value is -1.41. The highest BCUT2D eigenvalue weighted by atomic mass is 79.9. The lowest BCUT2D eigenvalue weighted by Gasteiger charge is -2.22. The molecule has 0 saturated carbocycles. The van der Waals surface area contributed by atoms with Crippen molar-refractivity contribution in [2.45, 2.75) is 31.0 Å². The number of ketones is 1. The lowest BCUT2D eigenvalue weighted by molar-refractivity contribution is -0.137. The van der Waals surface area contributed by atoms with E-state index in [1.807, 2.05) is 0 Å². The number of halogens is 4. The smallest absolute Gasteiger partial charge is 0.416 e. The summed E-state index contributed by atoms with van der Waals surface area (Å²) < 4.78 is 43.5. The predicted molar refractivity (Wildman–Crippen MR) is 75.2 cm³/mol. The van der Waals surface area contributed by atoms with Crippen LogP contribution in [-0.2, 0) is 15.7 Å². The lowest BCUT2D eigenvalue weighted by Crippen LogP contribution is -2.23. The van der Waals surface area contributed by atoms with Crippen molar-refractivity contribution in [1.29, 1.82) is 0 Å². The zero-order valence-corrected chi connectivity index (χ0v) is 13.1. The molecule has 2 rings (SSSR count). The van der Waals surface area contributed by atoms with E-state index < -0.39 is 23.8 Å². The Balaban J connectivity index is 2.43. The molecule has 0 aliphatic heterocycles. The van der Waals surface area contributed by atoms with Crippen molar-refractivity contribution in [1.82, 2.24) is 4.98 Å². The molecule has 1 aromatic rings. The number of hydrogen-bond acceptors (Lipinski definition) is 4. The Bertz CT molecular complexity index is 616. The van der Waals surface area contributed by atoms with Crippen LogP contribution in [0.1, 0.15) is 30.0 Å². The molecule has 0 aromatic carbocycles. The molecular weight excluding hydrogens is 367 g/mol. The van der Waals surface area contributed by atoms with Gasteiger partial charge in [0.15, 0.2) is 5.78 Å². The van der Waals surface area contributed by atoms with E-state index in [0.29, 0.717) is 0 Å². The number of ether oxygens (including phenoxy) is 1. The first-order chi connectivity index (χ1) is 10.3. The molecule has 2 unspecified atom stereocenters. The van der Waals surface area contributed by atoms with Crippen molar-refractivity contribution in [3.63, 3.8) is 0 Å². The second-order valence-electron chi connectivity index (χ2n) is 4.86. The maximum atomic E-state index is 12.8. The number of pyridine rings is 1. The minimum atomic E-state index is -4.50. The zero-order valence-electron chi connectivity index (χ0n) is 11.5. The first kappa shape index (κ1) is 17.0. The SMILES string of the molecule is COC1=C(Br)C(=O)CCC(c2cc(C(F)(F)F)ccn2)C1O. The number of alkyl halides is 3. The summed E-state index contributed by atoms with van der Waals surface area (Å²) >= 11 is 3.06. The molecule has 0 bridgehead atoms. The zero-order chi connectivity index (χ0) is 16.5. The summed E-state index contributed by atoms with van der Waals surface area (Å²) in [5.74, 6) is -1.02. The van der Waals surface area contributed by atoms with Crippen molar-refractivity contribution >= 4 is 21.7 Å². The van der Waals surface area contributed by atoms with E-state index in [0.717, 1.165) is 18.3 Å². The number of hydrogen-bond donors (Lipinski definition) is 1. The van der Waals surface area contributed by atoms with Gasteiger partial charge in [0.25, 0.3) is 0 Å². The quantitative estimate of drug-likeness (QED) is 0.857. The van der Waals surface area contributed by atoms with Crippen molar-refractivity contribution in [3.8, 4) is 0 Å². The highest BCUT2D eigenvalue weighted by Crippen LogP contribution is 2.37. The lowest BCUT2D eigenvalue weighted by atomic mass is 9.92. The molecular formula is C14H13BrF3NO3. The topological polar surface area (TPSA) is 59.4 Å². The van der Waals surface area contributed by atoms with Crippen LogP contribution in [0.2, 0.25) is 0 Å². The highest BCUT2D eigenvalue weighted by Gasteiger charge is 2.36. The molecule has 22 heavy (non-hydrogen) atoms. The normalized spacial score (nSPS) is 23.5. The third-order valence-electron chi connectivity index (χ3n) is 3.50. The van der Waals surface area contributed by atoms with Gasteiger partial charge in [-0.15, -0.1) is 0 Å². The Morgan fingerprint density at radius 1 is 1.45 bits per heavy atom. The maximum Gasteiger partial charge on any atom is 0.416 e. The number of carbonyl (C=O) groups is 1. The molecule has 2 atom stereocenters. The van der Waals surface area contributed by atoms with Gasteiger partial charge in [0.1, 0.15) is 16.3 Å². The molecule has 8 heteroatoms. The fourth-order valence-electron chi connectivity index (χ4n) is 2.35. The van der Waals surface area contributed by atoms with Gasteiger partial charge >= 0.3 is 6.18 Å². The van der Waals surface area contributed by atoms with E-state index in [9.17, 15) is 23.1 Å². The molecule has 0 fully saturated rings. The van der Waals surface area contributed by atoms with Gasteiger partial charge in [-0.05, 0) is 34.5 Å². The highest BCUT2D eigenvalue weighted by molar-refractivity contribution is 9.12. The number of rotatable bonds is 2. The molecule has 1 aliphatic rings. The molecule has 0 amide bonds. The van der Waals surface area contributed by atoms with Gasteiger partial charge in [-0.2, -0.15) is 13.2 Å². The largest absolute Gasteiger partial charge is 0.497 e. The van der Waals surface area contributed by atoms with Crippen molar-refractivity contribution in [2.75, 3.05) is 7.11 Å². The number of allylic oxidation sites excluding steroid dienone is 1. The number of Topliss-reactive ketones (excluding diaryl/α,β-unsaturated/α-hetero) is 1. The first-order valence-electron chi connectivity index (χ1n) is 6.43. The van der Waals surface area contributed by atoms with Crippen LogP contribution >= 0.6 is 15.9 Å². The van der Waals surface area contributed by atoms with Crippen molar-refractivity contribution in [2.24, 2.45) is 0 Å². The summed E-state index contributed by atoms with van der Waals surface area (Å²) in [6, 6.07) is 1.76. The van der Waals surface area contributed by atoms with Gasteiger partial charge in [-0.3, -0.25) is 9.78 Å². The molecule has 4 nitrogen and oxygen atoms in total. The summed E-state index contributed by atoms with van der Waals surface area (Å²) in [5.41, 5.74) is -0.769. The van der Waals surface area contributed by atoms with Gasteiger partial charge in [0, 0.05) is 24.2 Å². The van der Waals surface area contributed by atoms with Gasteiger partial charge in [-0.25, -0.2) is 0 Å². The first-order valence-corrected chi connectivity index (χ1v) is 7.23. The Morgan fingerprint density at radius 2 is 2.14 bits per heavy atom. The van der Waals surface area contributed by atoms with Crippen LogP contribution in [-0.4, -0.2) is 29.1 Å². The number of aliphatic hydroxyl groups excluding tert-OH is 1. The van der Waals surface area contributed by atoms with E-state index >= 15 is 0 Å². The summed E-state index contributed by atoms with van der Waals surface area (Å²) in [5, 5.41) is 10.4. The van der Waals surface area contributed by atoms with Crippen molar-refractivity contribution in [3.05, 3.63) is 39.8 Å². The average Bonchev–Trinajstić information content (AvgIpc) is 2.56. The maximum absolute atomic E-state index is 12.8. The molecule has 120 valence electrons. The van der Waals surface area contributed by atoms with Crippen LogP contribution in [0.5, 0.6) is 0 Å². The van der Waals surface area contributed by atoms with Gasteiger partial charge in [0.05, 0.1) is 12.7 Å². The van der Waals surface area contributed by atoms with Crippen LogP contribution in [0.15, 0.2) is 28.6 Å². The monoisotopic (exact) mass is 379 g/mol. The number of carbonyl (C=O) groups excluding carboxylic acids is 1. The van der Waals surface area contributed by atoms with E-state index in [2.05, 4.69) is 20.9 Å². The van der Waals surface area contributed by atoms with Crippen LogP contribution < -0.4 is 0 Å². The van der Waals surface area contributed by atoms with E-state index in [4.69, 9.17) is 4.74 Å². The fourth-order valence-corrected chi connectivity index (χ4v) is 2.95. The molecule has 1 heterocycles. The van der Waals surface area contributed by atoms with Crippen LogP contribution in [0.3, 0.4) is 0 Å². The second kappa shape index (κ2) is 6.37. The van der Waals surface area contributed by atoms with Crippen LogP contribution in [0, 0.1) is 0 Å². The fraction of sp³-hybridized carbons (Fsp3) is 0.429. The minimum Gasteiger partial charge on any atom is -0.497 e. The minimum absolute atomic E-state index is 0.00621. The number of nitrogens with zero attached hydrogens (tertiary/aromatic N) is 1. The summed E-state index contributed by atoms with van der Waals surface area (Å²) in [6.07, 6.45) is -4.45. The van der Waals surface area contributed by atoms with E-state index in [1.54, 1.807) is 0 Å². The Kier molecular flexibility index (Phi) is 4.91. The molecule has 1 N–H and O–H groups in total. The van der Waals surface area contributed by atoms with E-state index in [-0.39, 0.29) is 34.6 Å². The number of aromatic nitrogens is 1. The number of methoxy groups -OCH3 is 1. The third kappa shape index (κ3) is 3.33. The molecule has 1 aliphatic carbocycles. The number of aliphatic hydroxyl groups is 1. The van der Waals surface area contributed by atoms with Crippen molar-refractivity contribution < 1.29 is 27.8 Å². The molecule has 0 radical (unpaired) electrons. The standard InChI is InChI=1S/C14H13BrF3NO3/c1-22-13-11(15)10(20)3-2-8(12(13)21)9-6-7(4-5-19-9)14(16,17)18/h4-6,8,12,21H,2-3H2,1H3. The van der Waals surface area contributed by atoms with Gasteiger partial charge in [-0.1, -0.05) is 0 Å². The molecule has 0 spiro atoms. The molecule has 1 aromatic heterocycles. The summed E-state index contributed by atoms with van der Waals surface area (Å²) in [4.78, 5) is 15.8. The Labute approximate surface area is 133 Å². The van der Waals surface area contributed by atoms with Gasteiger partial charge in [0.2, 0.25) is 0 Å². The third-order valence-corrected chi connectivity index (χ3v) is 4.33. The Morgan fingerprint density at radius 3 is 2.73 bits per heavy atom. The predicted octanol–water partition coefficient (Wildman–Crippen LogP) is 3.16. The van der Waals surface area contributed by atoms with E-state index in [1.165, 1.54) is 7.11 Å². The molecule has 0 saturated heterocycles. The summed E-state index contributed by atoms with van der Waals surface area (Å²) in [6.45, 7) is 0. The van der Waals surface area contributed by atoms with Crippen LogP contribution in [0.25, 0.3) is 0 Å². The average molecular weight is 380 g/mol. The second-order valence-corrected chi connectivity index (χ2v) is 5.66.